The predicted octanol–water partition coefficient (Wildman–Crippen LogP) is 2.82. The number of benzene rings is 1. The lowest BCUT2D eigenvalue weighted by Crippen LogP contribution is -2.37. The Hall–Kier alpha value is -2.24. The number of hydrogen-bond acceptors (Lipinski definition) is 5. The first-order valence-electron chi connectivity index (χ1n) is 8.77. The van der Waals surface area contributed by atoms with Crippen molar-refractivity contribution in [1.82, 2.24) is 20.3 Å². The van der Waals surface area contributed by atoms with Gasteiger partial charge in [-0.05, 0) is 63.2 Å². The molecule has 1 N–H and O–H groups in total. The molecule has 3 rings (SSSR count). The van der Waals surface area contributed by atoms with Crippen LogP contribution in [0.1, 0.15) is 30.9 Å². The first-order valence-corrected chi connectivity index (χ1v) is 9.18. The monoisotopic (exact) mass is 375 g/mol. The molecule has 0 radical (unpaired) electrons. The molecule has 1 aromatic heterocycles. The van der Waals surface area contributed by atoms with E-state index in [9.17, 15) is 4.39 Å². The molecule has 1 aliphatic heterocycles. The Morgan fingerprint density at radius 1 is 1.50 bits per heavy atom. The highest BCUT2D eigenvalue weighted by atomic mass is 32.1. The average molecular weight is 375 g/mol. The number of thiocarbonyl (C=S) groups is 1. The van der Waals surface area contributed by atoms with Crippen molar-refractivity contribution in [3.63, 3.8) is 0 Å². The zero-order chi connectivity index (χ0) is 18.5. The fourth-order valence-electron chi connectivity index (χ4n) is 3.32. The zero-order valence-corrected chi connectivity index (χ0v) is 15.6. The maximum Gasteiger partial charge on any atom is 0.185 e. The third kappa shape index (κ3) is 4.29. The van der Waals surface area contributed by atoms with Crippen LogP contribution in [-0.4, -0.2) is 53.3 Å². The molecule has 1 aromatic carbocycles. The number of rotatable bonds is 5. The van der Waals surface area contributed by atoms with Crippen LogP contribution >= 0.6 is 12.2 Å². The SMILES string of the molecule is CN(C#N)C(=S)NCCCN1CCC(c2noc3cc(F)ccc23)CC1. The minimum absolute atomic E-state index is 0.302. The summed E-state index contributed by atoms with van der Waals surface area (Å²) in [5.74, 6) is 0.0528. The molecule has 1 saturated heterocycles. The number of fused-ring (bicyclic) bond motifs is 1. The van der Waals surface area contributed by atoms with E-state index in [1.165, 1.54) is 17.0 Å². The number of hydrogen-bond donors (Lipinski definition) is 1. The number of halogens is 1. The number of aromatic nitrogens is 1. The molecule has 1 fully saturated rings. The van der Waals surface area contributed by atoms with Gasteiger partial charge < -0.3 is 14.7 Å². The molecule has 138 valence electrons. The van der Waals surface area contributed by atoms with E-state index >= 15 is 0 Å². The fourth-order valence-corrected chi connectivity index (χ4v) is 3.46. The van der Waals surface area contributed by atoms with E-state index in [0.717, 1.165) is 56.5 Å². The summed E-state index contributed by atoms with van der Waals surface area (Å²) >= 11 is 5.09. The van der Waals surface area contributed by atoms with Gasteiger partial charge in [-0.1, -0.05) is 5.16 Å². The number of piperidine rings is 1. The van der Waals surface area contributed by atoms with Gasteiger partial charge in [-0.15, -0.1) is 0 Å². The summed E-state index contributed by atoms with van der Waals surface area (Å²) in [5.41, 5.74) is 1.47. The second kappa shape index (κ2) is 8.43. The molecule has 6 nitrogen and oxygen atoms in total. The average Bonchev–Trinajstić information content (AvgIpc) is 3.07. The molecule has 0 unspecified atom stereocenters. The summed E-state index contributed by atoms with van der Waals surface area (Å²) in [6.07, 6.45) is 4.97. The minimum Gasteiger partial charge on any atom is -0.362 e. The molecule has 2 aromatic rings. The van der Waals surface area contributed by atoms with Crippen molar-refractivity contribution >= 4 is 28.3 Å². The van der Waals surface area contributed by atoms with Gasteiger partial charge in [0.25, 0.3) is 0 Å². The van der Waals surface area contributed by atoms with Crippen molar-refractivity contribution < 1.29 is 8.91 Å². The highest BCUT2D eigenvalue weighted by Gasteiger charge is 2.24. The van der Waals surface area contributed by atoms with Crippen LogP contribution in [0.3, 0.4) is 0 Å². The van der Waals surface area contributed by atoms with Gasteiger partial charge in [-0.3, -0.25) is 4.90 Å². The van der Waals surface area contributed by atoms with Crippen LogP contribution < -0.4 is 5.32 Å². The van der Waals surface area contributed by atoms with Crippen molar-refractivity contribution in [1.29, 1.82) is 5.26 Å². The van der Waals surface area contributed by atoms with Crippen LogP contribution in [0, 0.1) is 17.3 Å². The van der Waals surface area contributed by atoms with Gasteiger partial charge >= 0.3 is 0 Å². The van der Waals surface area contributed by atoms with Crippen LogP contribution in [-0.2, 0) is 0 Å². The van der Waals surface area contributed by atoms with Crippen LogP contribution in [0.4, 0.5) is 4.39 Å². The topological polar surface area (TPSA) is 68.3 Å². The summed E-state index contributed by atoms with van der Waals surface area (Å²) in [5, 5.41) is 17.4. The Balaban J connectivity index is 1.44. The van der Waals surface area contributed by atoms with Crippen molar-refractivity contribution in [2.75, 3.05) is 33.2 Å². The summed E-state index contributed by atoms with van der Waals surface area (Å²) in [7, 11) is 1.64. The largest absolute Gasteiger partial charge is 0.362 e. The van der Waals surface area contributed by atoms with E-state index in [0.29, 0.717) is 16.6 Å². The molecular formula is C18H22FN5OS. The Kier molecular flexibility index (Phi) is 6.01. The molecule has 0 amide bonds. The standard InChI is InChI=1S/C18H22FN5OS/c1-23(12-20)18(26)21-7-2-8-24-9-5-13(6-10-24)17-15-4-3-14(19)11-16(15)25-22-17/h3-4,11,13H,2,5-10H2,1H3,(H,21,26). The maximum atomic E-state index is 13.3. The molecule has 0 aliphatic carbocycles. The van der Waals surface area contributed by atoms with E-state index in [2.05, 4.69) is 15.4 Å². The molecular weight excluding hydrogens is 353 g/mol. The van der Waals surface area contributed by atoms with Gasteiger partial charge in [0.2, 0.25) is 0 Å². The molecule has 0 atom stereocenters. The van der Waals surface area contributed by atoms with Gasteiger partial charge in [0.05, 0.1) is 5.69 Å². The molecule has 0 spiro atoms. The number of nitrogens with zero attached hydrogens (tertiary/aromatic N) is 4. The van der Waals surface area contributed by atoms with Gasteiger partial charge in [0.1, 0.15) is 5.82 Å². The molecule has 2 heterocycles. The summed E-state index contributed by atoms with van der Waals surface area (Å²) in [6, 6.07) is 4.61. The normalized spacial score (nSPS) is 15.7. The van der Waals surface area contributed by atoms with Crippen molar-refractivity contribution in [2.45, 2.75) is 25.2 Å². The van der Waals surface area contributed by atoms with E-state index in [1.807, 2.05) is 6.19 Å². The van der Waals surface area contributed by atoms with Gasteiger partial charge in [-0.25, -0.2) is 4.39 Å². The van der Waals surface area contributed by atoms with E-state index in [4.69, 9.17) is 22.0 Å². The van der Waals surface area contributed by atoms with E-state index in [1.54, 1.807) is 13.1 Å². The van der Waals surface area contributed by atoms with Gasteiger partial charge in [0, 0.05) is 31.0 Å². The quantitative estimate of drug-likeness (QED) is 0.373. The fraction of sp³-hybridized carbons (Fsp3) is 0.500. The first kappa shape index (κ1) is 18.5. The van der Waals surface area contributed by atoms with Crippen LogP contribution in [0.25, 0.3) is 11.0 Å². The summed E-state index contributed by atoms with van der Waals surface area (Å²) in [4.78, 5) is 3.77. The smallest absolute Gasteiger partial charge is 0.185 e. The molecule has 0 bridgehead atoms. The third-order valence-corrected chi connectivity index (χ3v) is 5.24. The second-order valence-electron chi connectivity index (χ2n) is 6.57. The highest BCUT2D eigenvalue weighted by Crippen LogP contribution is 2.32. The number of likely N-dealkylation sites (tertiary alicyclic amines) is 1. The third-order valence-electron chi connectivity index (χ3n) is 4.82. The molecule has 0 saturated carbocycles. The van der Waals surface area contributed by atoms with Crippen molar-refractivity contribution in [3.8, 4) is 6.19 Å². The highest BCUT2D eigenvalue weighted by molar-refractivity contribution is 7.80. The first-order chi connectivity index (χ1) is 12.6. The molecule has 26 heavy (non-hydrogen) atoms. The number of nitrogens with one attached hydrogen (secondary N) is 1. The Morgan fingerprint density at radius 3 is 3.00 bits per heavy atom. The summed E-state index contributed by atoms with van der Waals surface area (Å²) in [6.45, 7) is 3.75. The predicted molar refractivity (Wildman–Crippen MR) is 101 cm³/mol. The molecule has 1 aliphatic rings. The van der Waals surface area contributed by atoms with Crippen LogP contribution in [0.15, 0.2) is 22.7 Å². The van der Waals surface area contributed by atoms with E-state index in [-0.39, 0.29) is 5.82 Å². The summed E-state index contributed by atoms with van der Waals surface area (Å²) < 4.78 is 18.6. The van der Waals surface area contributed by atoms with Crippen LogP contribution in [0.5, 0.6) is 0 Å². The Labute approximate surface area is 157 Å². The lowest BCUT2D eigenvalue weighted by atomic mass is 9.91. The number of nitriles is 1. The van der Waals surface area contributed by atoms with Crippen molar-refractivity contribution in [2.24, 2.45) is 0 Å². The van der Waals surface area contributed by atoms with E-state index < -0.39 is 0 Å². The van der Waals surface area contributed by atoms with Crippen molar-refractivity contribution in [3.05, 3.63) is 29.7 Å². The Morgan fingerprint density at radius 2 is 2.27 bits per heavy atom. The zero-order valence-electron chi connectivity index (χ0n) is 14.7. The van der Waals surface area contributed by atoms with Crippen LogP contribution in [0.2, 0.25) is 0 Å². The second-order valence-corrected chi connectivity index (χ2v) is 6.96. The molecule has 8 heteroatoms. The van der Waals surface area contributed by atoms with Gasteiger partial charge in [0.15, 0.2) is 16.9 Å². The minimum atomic E-state index is -0.302. The van der Waals surface area contributed by atoms with Gasteiger partial charge in [-0.2, -0.15) is 5.26 Å². The maximum absolute atomic E-state index is 13.3. The Bertz CT molecular complexity index is 810. The lowest BCUT2D eigenvalue weighted by Gasteiger charge is -2.31. The lowest BCUT2D eigenvalue weighted by molar-refractivity contribution is 0.207.